The molecule has 0 saturated heterocycles. The lowest BCUT2D eigenvalue weighted by molar-refractivity contribution is -0.137. The Balaban J connectivity index is 1.79. The van der Waals surface area contributed by atoms with Crippen molar-refractivity contribution >= 4 is 16.9 Å². The number of halogens is 3. The fourth-order valence-corrected chi connectivity index (χ4v) is 3.64. The standard InChI is InChI=1S/C20H19F3N4O/c1-27-18-16(11-24-27)15(19(28)25-14-7-2-3-8-14)10-17(26-18)12-5-4-6-13(9-12)20(21,22)23/h4-6,9-11,14H,2-3,7-8H2,1H3,(H,25,28). The third-order valence-corrected chi connectivity index (χ3v) is 5.13. The van der Waals surface area contributed by atoms with E-state index in [1.807, 2.05) is 0 Å². The number of nitrogens with one attached hydrogen (secondary N) is 1. The van der Waals surface area contributed by atoms with Crippen molar-refractivity contribution in [2.45, 2.75) is 37.9 Å². The van der Waals surface area contributed by atoms with Gasteiger partial charge in [0.2, 0.25) is 0 Å². The zero-order valence-corrected chi connectivity index (χ0v) is 15.3. The number of rotatable bonds is 3. The quantitative estimate of drug-likeness (QED) is 0.727. The Morgan fingerprint density at radius 2 is 1.96 bits per heavy atom. The van der Waals surface area contributed by atoms with Crippen LogP contribution >= 0.6 is 0 Å². The summed E-state index contributed by atoms with van der Waals surface area (Å²) in [5.41, 5.74) is 0.671. The van der Waals surface area contributed by atoms with E-state index >= 15 is 0 Å². The molecule has 4 rings (SSSR count). The summed E-state index contributed by atoms with van der Waals surface area (Å²) in [5, 5.41) is 7.76. The van der Waals surface area contributed by atoms with Gasteiger partial charge in [0.25, 0.3) is 5.91 Å². The number of aromatic nitrogens is 3. The van der Waals surface area contributed by atoms with Gasteiger partial charge in [-0.05, 0) is 31.0 Å². The molecule has 1 aliphatic carbocycles. The molecule has 2 heterocycles. The number of fused-ring (bicyclic) bond motifs is 1. The van der Waals surface area contributed by atoms with Gasteiger partial charge in [0.1, 0.15) is 0 Å². The molecule has 3 aromatic rings. The van der Waals surface area contributed by atoms with E-state index in [0.29, 0.717) is 27.9 Å². The normalized spacial score (nSPS) is 15.3. The Labute approximate surface area is 159 Å². The minimum atomic E-state index is -4.45. The molecular weight excluding hydrogens is 369 g/mol. The number of hydrogen-bond donors (Lipinski definition) is 1. The molecular formula is C20H19F3N4O. The van der Waals surface area contributed by atoms with Gasteiger partial charge in [-0.3, -0.25) is 9.48 Å². The van der Waals surface area contributed by atoms with Crippen molar-refractivity contribution in [2.24, 2.45) is 7.05 Å². The van der Waals surface area contributed by atoms with Crippen LogP contribution in [0, 0.1) is 0 Å². The largest absolute Gasteiger partial charge is 0.416 e. The Bertz CT molecular complexity index is 1040. The van der Waals surface area contributed by atoms with Crippen LogP contribution in [0.1, 0.15) is 41.6 Å². The van der Waals surface area contributed by atoms with E-state index < -0.39 is 11.7 Å². The lowest BCUT2D eigenvalue weighted by atomic mass is 10.0. The van der Waals surface area contributed by atoms with Crippen molar-refractivity contribution in [1.82, 2.24) is 20.1 Å². The number of hydrogen-bond acceptors (Lipinski definition) is 3. The second kappa shape index (κ2) is 6.92. The molecule has 1 N–H and O–H groups in total. The second-order valence-electron chi connectivity index (χ2n) is 7.09. The van der Waals surface area contributed by atoms with Gasteiger partial charge in [-0.15, -0.1) is 0 Å². The van der Waals surface area contributed by atoms with E-state index in [-0.39, 0.29) is 11.9 Å². The predicted molar refractivity (Wildman–Crippen MR) is 98.7 cm³/mol. The van der Waals surface area contributed by atoms with Gasteiger partial charge < -0.3 is 5.32 Å². The maximum atomic E-state index is 13.1. The lowest BCUT2D eigenvalue weighted by Gasteiger charge is -2.14. The van der Waals surface area contributed by atoms with Crippen LogP contribution in [0.3, 0.4) is 0 Å². The molecule has 0 unspecified atom stereocenters. The van der Waals surface area contributed by atoms with Crippen molar-refractivity contribution < 1.29 is 18.0 Å². The molecule has 0 spiro atoms. The Morgan fingerprint density at radius 1 is 1.21 bits per heavy atom. The minimum Gasteiger partial charge on any atom is -0.349 e. The fraction of sp³-hybridized carbons (Fsp3) is 0.350. The Kier molecular flexibility index (Phi) is 4.56. The first kappa shape index (κ1) is 18.5. The smallest absolute Gasteiger partial charge is 0.349 e. The maximum Gasteiger partial charge on any atom is 0.416 e. The summed E-state index contributed by atoms with van der Waals surface area (Å²) in [7, 11) is 1.68. The zero-order chi connectivity index (χ0) is 19.9. The number of amides is 1. The van der Waals surface area contributed by atoms with Gasteiger partial charge in [0.15, 0.2) is 5.65 Å². The topological polar surface area (TPSA) is 59.8 Å². The van der Waals surface area contributed by atoms with Crippen LogP contribution in [0.4, 0.5) is 13.2 Å². The van der Waals surface area contributed by atoms with Gasteiger partial charge in [0.05, 0.1) is 28.4 Å². The van der Waals surface area contributed by atoms with Crippen LogP contribution in [0.2, 0.25) is 0 Å². The number of nitrogens with zero attached hydrogens (tertiary/aromatic N) is 3. The number of pyridine rings is 1. The van der Waals surface area contributed by atoms with Crippen molar-refractivity contribution in [3.05, 3.63) is 47.7 Å². The maximum absolute atomic E-state index is 13.1. The van der Waals surface area contributed by atoms with E-state index in [9.17, 15) is 18.0 Å². The molecule has 5 nitrogen and oxygen atoms in total. The average molecular weight is 388 g/mol. The molecule has 0 atom stereocenters. The van der Waals surface area contributed by atoms with Crippen LogP contribution in [0.15, 0.2) is 36.5 Å². The minimum absolute atomic E-state index is 0.129. The van der Waals surface area contributed by atoms with Crippen LogP contribution in [0.25, 0.3) is 22.3 Å². The summed E-state index contributed by atoms with van der Waals surface area (Å²) in [4.78, 5) is 17.3. The molecule has 146 valence electrons. The molecule has 1 amide bonds. The van der Waals surface area contributed by atoms with Gasteiger partial charge >= 0.3 is 6.18 Å². The SMILES string of the molecule is Cn1ncc2c(C(=O)NC3CCCC3)cc(-c3cccc(C(F)(F)F)c3)nc21. The van der Waals surface area contributed by atoms with Gasteiger partial charge in [-0.2, -0.15) is 18.3 Å². The zero-order valence-electron chi connectivity index (χ0n) is 15.3. The highest BCUT2D eigenvalue weighted by molar-refractivity contribution is 6.06. The van der Waals surface area contributed by atoms with Gasteiger partial charge in [0, 0.05) is 18.7 Å². The Hall–Kier alpha value is -2.90. The summed E-state index contributed by atoms with van der Waals surface area (Å²) in [5.74, 6) is -0.250. The monoisotopic (exact) mass is 388 g/mol. The van der Waals surface area contributed by atoms with Gasteiger partial charge in [-0.25, -0.2) is 4.98 Å². The molecule has 8 heteroatoms. The molecule has 0 aliphatic heterocycles. The van der Waals surface area contributed by atoms with Crippen LogP contribution in [0.5, 0.6) is 0 Å². The first-order chi connectivity index (χ1) is 13.3. The van der Waals surface area contributed by atoms with E-state index in [1.54, 1.807) is 25.4 Å². The number of carbonyl (C=O) groups is 1. The third-order valence-electron chi connectivity index (χ3n) is 5.13. The summed E-state index contributed by atoms with van der Waals surface area (Å²) in [6.45, 7) is 0. The molecule has 0 radical (unpaired) electrons. The highest BCUT2D eigenvalue weighted by atomic mass is 19.4. The van der Waals surface area contributed by atoms with E-state index in [0.717, 1.165) is 37.8 Å². The fourth-order valence-electron chi connectivity index (χ4n) is 3.64. The number of alkyl halides is 3. The van der Waals surface area contributed by atoms with E-state index in [4.69, 9.17) is 0 Å². The highest BCUT2D eigenvalue weighted by Crippen LogP contribution is 2.33. The molecule has 1 saturated carbocycles. The summed E-state index contributed by atoms with van der Waals surface area (Å²) in [6.07, 6.45) is 1.15. The first-order valence-electron chi connectivity index (χ1n) is 9.14. The van der Waals surface area contributed by atoms with Crippen molar-refractivity contribution in [2.75, 3.05) is 0 Å². The van der Waals surface area contributed by atoms with Crippen molar-refractivity contribution in [3.63, 3.8) is 0 Å². The third kappa shape index (κ3) is 3.46. The number of carbonyl (C=O) groups excluding carboxylic acids is 1. The Morgan fingerprint density at radius 3 is 2.68 bits per heavy atom. The van der Waals surface area contributed by atoms with Crippen molar-refractivity contribution in [3.8, 4) is 11.3 Å². The lowest BCUT2D eigenvalue weighted by Crippen LogP contribution is -2.32. The van der Waals surface area contributed by atoms with Crippen LogP contribution < -0.4 is 5.32 Å². The van der Waals surface area contributed by atoms with Gasteiger partial charge in [-0.1, -0.05) is 25.0 Å². The molecule has 2 aromatic heterocycles. The van der Waals surface area contributed by atoms with Crippen LogP contribution in [-0.4, -0.2) is 26.7 Å². The first-order valence-corrected chi connectivity index (χ1v) is 9.14. The summed E-state index contributed by atoms with van der Waals surface area (Å²) >= 11 is 0. The number of benzene rings is 1. The second-order valence-corrected chi connectivity index (χ2v) is 7.09. The number of aryl methyl sites for hydroxylation is 1. The highest BCUT2D eigenvalue weighted by Gasteiger charge is 2.30. The molecule has 0 bridgehead atoms. The average Bonchev–Trinajstić information content (AvgIpc) is 3.30. The summed E-state index contributed by atoms with van der Waals surface area (Å²) in [6, 6.07) is 6.63. The van der Waals surface area contributed by atoms with Crippen molar-refractivity contribution in [1.29, 1.82) is 0 Å². The van der Waals surface area contributed by atoms with E-state index in [1.165, 1.54) is 10.7 Å². The summed E-state index contributed by atoms with van der Waals surface area (Å²) < 4.78 is 40.8. The van der Waals surface area contributed by atoms with Crippen LogP contribution in [-0.2, 0) is 13.2 Å². The predicted octanol–water partition coefficient (Wildman–Crippen LogP) is 4.33. The molecule has 1 aromatic carbocycles. The molecule has 28 heavy (non-hydrogen) atoms. The molecule has 1 aliphatic rings. The van der Waals surface area contributed by atoms with E-state index in [2.05, 4.69) is 15.4 Å². The molecule has 1 fully saturated rings.